The number of benzene rings is 2. The molecule has 30 heavy (non-hydrogen) atoms. The van der Waals surface area contributed by atoms with Gasteiger partial charge in [-0.2, -0.15) is 0 Å². The van der Waals surface area contributed by atoms with Gasteiger partial charge in [-0.15, -0.1) is 11.3 Å². The maximum Gasteiger partial charge on any atom is 0.338 e. The Morgan fingerprint density at radius 1 is 1.07 bits per heavy atom. The minimum atomic E-state index is -3.72. The third-order valence-electron chi connectivity index (χ3n) is 4.07. The fraction of sp³-hybridized carbons (Fsp3) is 0.150. The number of sulfonamides is 1. The lowest BCUT2D eigenvalue weighted by Crippen LogP contribution is -2.26. The molecule has 0 saturated carbocycles. The Balaban J connectivity index is 1.46. The van der Waals surface area contributed by atoms with Gasteiger partial charge in [0.2, 0.25) is 10.0 Å². The number of esters is 1. The number of nitrogens with zero attached hydrogens (tertiary/aromatic N) is 1. The number of primary sulfonamides is 1. The van der Waals surface area contributed by atoms with Crippen LogP contribution in [-0.2, 0) is 27.8 Å². The van der Waals surface area contributed by atoms with Crippen molar-refractivity contribution in [2.45, 2.75) is 17.9 Å². The number of carbonyl (C=O) groups excluding carboxylic acids is 2. The number of ether oxygens (including phenoxy) is 1. The molecule has 0 bridgehead atoms. The van der Waals surface area contributed by atoms with Crippen molar-refractivity contribution < 1.29 is 22.7 Å². The van der Waals surface area contributed by atoms with E-state index in [1.54, 1.807) is 41.8 Å². The van der Waals surface area contributed by atoms with Crippen molar-refractivity contribution in [2.75, 3.05) is 6.54 Å². The molecule has 0 saturated heterocycles. The first kappa shape index (κ1) is 21.6. The van der Waals surface area contributed by atoms with E-state index in [1.165, 1.54) is 23.5 Å². The molecule has 0 atom stereocenters. The summed E-state index contributed by atoms with van der Waals surface area (Å²) in [5, 5.41) is 9.93. The van der Waals surface area contributed by atoms with Crippen LogP contribution in [0.3, 0.4) is 0 Å². The molecular formula is C20H19N3O5S2. The first-order chi connectivity index (χ1) is 14.3. The van der Waals surface area contributed by atoms with Gasteiger partial charge in [0.15, 0.2) is 0 Å². The molecule has 3 aromatic rings. The molecule has 0 radical (unpaired) electrons. The van der Waals surface area contributed by atoms with E-state index in [-0.39, 0.29) is 23.1 Å². The summed E-state index contributed by atoms with van der Waals surface area (Å²) in [6.07, 6.45) is 0.516. The van der Waals surface area contributed by atoms with Crippen LogP contribution >= 0.6 is 11.3 Å². The number of hydrogen-bond donors (Lipinski definition) is 2. The number of carbonyl (C=O) groups is 2. The molecule has 3 rings (SSSR count). The van der Waals surface area contributed by atoms with Crippen molar-refractivity contribution >= 4 is 33.2 Å². The highest BCUT2D eigenvalue weighted by atomic mass is 32.2. The number of nitrogens with two attached hydrogens (primary N) is 1. The third kappa shape index (κ3) is 5.96. The van der Waals surface area contributed by atoms with Crippen LogP contribution in [0, 0.1) is 0 Å². The fourth-order valence-corrected chi connectivity index (χ4v) is 3.72. The quantitative estimate of drug-likeness (QED) is 0.511. The van der Waals surface area contributed by atoms with E-state index in [1.807, 2.05) is 6.07 Å². The van der Waals surface area contributed by atoms with Crippen molar-refractivity contribution in [1.82, 2.24) is 10.3 Å². The molecule has 1 aromatic heterocycles. The minimum absolute atomic E-state index is 0.0118. The first-order valence-electron chi connectivity index (χ1n) is 8.89. The van der Waals surface area contributed by atoms with Gasteiger partial charge in [-0.05, 0) is 36.2 Å². The summed E-state index contributed by atoms with van der Waals surface area (Å²) >= 11 is 1.23. The lowest BCUT2D eigenvalue weighted by Gasteiger charge is -2.05. The second-order valence-electron chi connectivity index (χ2n) is 6.26. The van der Waals surface area contributed by atoms with Gasteiger partial charge in [0, 0.05) is 11.9 Å². The lowest BCUT2D eigenvalue weighted by atomic mass is 10.1. The summed E-state index contributed by atoms with van der Waals surface area (Å²) in [5.41, 5.74) is 1.55. The summed E-state index contributed by atoms with van der Waals surface area (Å²) in [4.78, 5) is 28.4. The van der Waals surface area contributed by atoms with Crippen molar-refractivity contribution in [3.8, 4) is 0 Å². The number of rotatable bonds is 8. The molecule has 0 aliphatic carbocycles. The van der Waals surface area contributed by atoms with Crippen molar-refractivity contribution in [3.63, 3.8) is 0 Å². The molecule has 156 valence electrons. The summed E-state index contributed by atoms with van der Waals surface area (Å²) in [6, 6.07) is 14.8. The summed E-state index contributed by atoms with van der Waals surface area (Å²) < 4.78 is 27.7. The van der Waals surface area contributed by atoms with Crippen LogP contribution in [0.4, 0.5) is 0 Å². The van der Waals surface area contributed by atoms with Gasteiger partial charge in [0.05, 0.1) is 10.5 Å². The number of thiazole rings is 1. The maximum absolute atomic E-state index is 12.2. The summed E-state index contributed by atoms with van der Waals surface area (Å²) in [5.74, 6) is -0.793. The molecule has 10 heteroatoms. The van der Waals surface area contributed by atoms with E-state index in [0.29, 0.717) is 23.5 Å². The number of nitrogens with one attached hydrogen (secondary N) is 1. The third-order valence-corrected chi connectivity index (χ3v) is 5.82. The highest BCUT2D eigenvalue weighted by molar-refractivity contribution is 7.89. The van der Waals surface area contributed by atoms with Gasteiger partial charge < -0.3 is 10.1 Å². The molecule has 0 aliphatic heterocycles. The van der Waals surface area contributed by atoms with Crippen LogP contribution in [0.5, 0.6) is 0 Å². The monoisotopic (exact) mass is 445 g/mol. The Labute approximate surface area is 177 Å². The Morgan fingerprint density at radius 3 is 2.43 bits per heavy atom. The van der Waals surface area contributed by atoms with Crippen molar-refractivity contribution in [1.29, 1.82) is 0 Å². The zero-order valence-electron chi connectivity index (χ0n) is 15.8. The molecule has 0 spiro atoms. The van der Waals surface area contributed by atoms with E-state index < -0.39 is 16.0 Å². The molecule has 3 N–H and O–H groups in total. The van der Waals surface area contributed by atoms with Gasteiger partial charge in [-0.1, -0.05) is 30.3 Å². The first-order valence-corrected chi connectivity index (χ1v) is 11.3. The molecule has 1 amide bonds. The molecule has 1 heterocycles. The predicted octanol–water partition coefficient (Wildman–Crippen LogP) is 2.12. The Hall–Kier alpha value is -3.08. The maximum atomic E-state index is 12.2. The second kappa shape index (κ2) is 9.61. The second-order valence-corrected chi connectivity index (χ2v) is 8.77. The van der Waals surface area contributed by atoms with E-state index in [4.69, 9.17) is 9.88 Å². The van der Waals surface area contributed by atoms with Gasteiger partial charge >= 0.3 is 5.97 Å². The highest BCUT2D eigenvalue weighted by Crippen LogP contribution is 2.13. The SMILES string of the molecule is NS(=O)(=O)c1ccc(CCNC(=O)c2csc(COC(=O)c3ccccc3)n2)cc1. The smallest absolute Gasteiger partial charge is 0.338 e. The van der Waals surface area contributed by atoms with E-state index in [2.05, 4.69) is 10.3 Å². The normalized spacial score (nSPS) is 11.1. The zero-order valence-corrected chi connectivity index (χ0v) is 17.4. The molecule has 0 aliphatic rings. The summed E-state index contributed by atoms with van der Waals surface area (Å²) in [6.45, 7) is 0.339. The number of hydrogen-bond acceptors (Lipinski definition) is 7. The molecule has 0 unspecified atom stereocenters. The van der Waals surface area contributed by atoms with Gasteiger partial charge in [0.1, 0.15) is 17.3 Å². The Morgan fingerprint density at radius 2 is 1.77 bits per heavy atom. The minimum Gasteiger partial charge on any atom is -0.455 e. The van der Waals surface area contributed by atoms with Crippen LogP contribution < -0.4 is 10.5 Å². The summed E-state index contributed by atoms with van der Waals surface area (Å²) in [7, 11) is -3.72. The van der Waals surface area contributed by atoms with Crippen LogP contribution in [-0.4, -0.2) is 31.8 Å². The van der Waals surface area contributed by atoms with Crippen LogP contribution in [0.15, 0.2) is 64.9 Å². The molecule has 0 fully saturated rings. The molecular weight excluding hydrogens is 426 g/mol. The van der Waals surface area contributed by atoms with Gasteiger partial charge in [0.25, 0.3) is 5.91 Å². The molecule has 2 aromatic carbocycles. The average Bonchev–Trinajstić information content (AvgIpc) is 3.21. The molecule has 8 nitrogen and oxygen atoms in total. The number of aromatic nitrogens is 1. The zero-order chi connectivity index (χ0) is 21.6. The van der Waals surface area contributed by atoms with E-state index >= 15 is 0 Å². The Bertz CT molecular complexity index is 1130. The standard InChI is InChI=1S/C20H19N3O5S2/c21-30(26,27)16-8-6-14(7-9-16)10-11-22-19(24)17-13-29-18(23-17)12-28-20(25)15-4-2-1-3-5-15/h1-9,13H,10-12H2,(H,22,24)(H2,21,26,27). The number of amides is 1. The van der Waals surface area contributed by atoms with Gasteiger partial charge in [-0.25, -0.2) is 23.3 Å². The largest absolute Gasteiger partial charge is 0.455 e. The predicted molar refractivity (Wildman–Crippen MR) is 112 cm³/mol. The van der Waals surface area contributed by atoms with Crippen LogP contribution in [0.25, 0.3) is 0 Å². The van der Waals surface area contributed by atoms with Crippen LogP contribution in [0.2, 0.25) is 0 Å². The van der Waals surface area contributed by atoms with Crippen molar-refractivity contribution in [3.05, 3.63) is 81.8 Å². The topological polar surface area (TPSA) is 128 Å². The van der Waals surface area contributed by atoms with Crippen molar-refractivity contribution in [2.24, 2.45) is 5.14 Å². The average molecular weight is 446 g/mol. The highest BCUT2D eigenvalue weighted by Gasteiger charge is 2.13. The fourth-order valence-electron chi connectivity index (χ4n) is 2.52. The van der Waals surface area contributed by atoms with E-state index in [0.717, 1.165) is 5.56 Å². The van der Waals surface area contributed by atoms with Gasteiger partial charge in [-0.3, -0.25) is 4.79 Å². The van der Waals surface area contributed by atoms with Crippen LogP contribution in [0.1, 0.15) is 31.4 Å². The Kier molecular flexibility index (Phi) is 6.93. The lowest BCUT2D eigenvalue weighted by molar-refractivity contribution is 0.0472. The van der Waals surface area contributed by atoms with E-state index in [9.17, 15) is 18.0 Å².